The summed E-state index contributed by atoms with van der Waals surface area (Å²) < 4.78 is 6.60. The molecule has 1 aromatic carbocycles. The first-order valence-electron chi connectivity index (χ1n) is 8.23. The summed E-state index contributed by atoms with van der Waals surface area (Å²) >= 11 is 1.16. The van der Waals surface area contributed by atoms with Crippen LogP contribution in [0.15, 0.2) is 52.5 Å². The molecule has 0 radical (unpaired) electrons. The Morgan fingerprint density at radius 2 is 2.00 bits per heavy atom. The van der Waals surface area contributed by atoms with Crippen LogP contribution in [0.2, 0.25) is 0 Å². The second-order valence-electron chi connectivity index (χ2n) is 6.07. The third-order valence-corrected chi connectivity index (χ3v) is 4.47. The zero-order valence-corrected chi connectivity index (χ0v) is 15.6. The van der Waals surface area contributed by atoms with Gasteiger partial charge in [-0.05, 0) is 44.5 Å². The maximum atomic E-state index is 13.0. The lowest BCUT2D eigenvalue weighted by atomic mass is 10.2. The van der Waals surface area contributed by atoms with Crippen LogP contribution in [0.1, 0.15) is 19.4 Å². The van der Waals surface area contributed by atoms with Gasteiger partial charge in [0.25, 0.3) is 5.56 Å². The van der Waals surface area contributed by atoms with Gasteiger partial charge >= 0.3 is 5.97 Å². The highest BCUT2D eigenvalue weighted by molar-refractivity contribution is 7.99. The molecule has 7 heteroatoms. The highest BCUT2D eigenvalue weighted by atomic mass is 32.2. The molecular weight excluding hydrogens is 350 g/mol. The summed E-state index contributed by atoms with van der Waals surface area (Å²) in [7, 11) is 0. The van der Waals surface area contributed by atoms with E-state index in [4.69, 9.17) is 4.74 Å². The number of benzene rings is 1. The molecule has 134 valence electrons. The summed E-state index contributed by atoms with van der Waals surface area (Å²) in [5.74, 6) is 0.184. The molecular formula is C19H19N3O3S. The first-order chi connectivity index (χ1) is 12.5. The molecule has 0 saturated carbocycles. The average Bonchev–Trinajstić information content (AvgIpc) is 2.61. The van der Waals surface area contributed by atoms with Crippen LogP contribution in [-0.4, -0.2) is 32.4 Å². The number of para-hydroxylation sites is 1. The summed E-state index contributed by atoms with van der Waals surface area (Å²) in [5.41, 5.74) is 1.36. The molecule has 0 amide bonds. The molecule has 0 spiro atoms. The molecule has 2 heterocycles. The van der Waals surface area contributed by atoms with Crippen molar-refractivity contribution in [2.24, 2.45) is 0 Å². The quantitative estimate of drug-likeness (QED) is 0.391. The lowest BCUT2D eigenvalue weighted by Gasteiger charge is -2.13. The summed E-state index contributed by atoms with van der Waals surface area (Å²) in [6.45, 7) is 5.52. The van der Waals surface area contributed by atoms with Crippen LogP contribution >= 0.6 is 11.8 Å². The fraction of sp³-hybridized carbons (Fsp3) is 0.263. The summed E-state index contributed by atoms with van der Waals surface area (Å²) in [6, 6.07) is 10.8. The first kappa shape index (κ1) is 18.1. The van der Waals surface area contributed by atoms with E-state index in [-0.39, 0.29) is 23.4 Å². The molecule has 0 unspecified atom stereocenters. The maximum Gasteiger partial charge on any atom is 0.316 e. The highest BCUT2D eigenvalue weighted by Crippen LogP contribution is 2.21. The number of hydrogen-bond donors (Lipinski definition) is 0. The Kier molecular flexibility index (Phi) is 5.37. The minimum absolute atomic E-state index is 0.0643. The van der Waals surface area contributed by atoms with Gasteiger partial charge in [0.2, 0.25) is 0 Å². The van der Waals surface area contributed by atoms with Crippen molar-refractivity contribution in [3.63, 3.8) is 0 Å². The van der Waals surface area contributed by atoms with E-state index in [0.717, 1.165) is 17.3 Å². The number of nitrogens with zero attached hydrogens (tertiary/aromatic N) is 3. The predicted molar refractivity (Wildman–Crippen MR) is 102 cm³/mol. The molecule has 26 heavy (non-hydrogen) atoms. The largest absolute Gasteiger partial charge is 0.462 e. The normalized spacial score (nSPS) is 11.1. The van der Waals surface area contributed by atoms with Crippen molar-refractivity contribution in [2.75, 3.05) is 5.75 Å². The van der Waals surface area contributed by atoms with Crippen molar-refractivity contribution in [1.29, 1.82) is 0 Å². The van der Waals surface area contributed by atoms with Gasteiger partial charge in [0.15, 0.2) is 5.16 Å². The topological polar surface area (TPSA) is 74.1 Å². The number of aryl methyl sites for hydroxylation is 1. The molecule has 3 rings (SSSR count). The van der Waals surface area contributed by atoms with E-state index in [0.29, 0.717) is 21.9 Å². The van der Waals surface area contributed by atoms with Gasteiger partial charge in [0.05, 0.1) is 22.8 Å². The smallest absolute Gasteiger partial charge is 0.316 e. The van der Waals surface area contributed by atoms with Gasteiger partial charge in [0.1, 0.15) is 5.82 Å². The van der Waals surface area contributed by atoms with Gasteiger partial charge in [-0.1, -0.05) is 30.0 Å². The number of esters is 1. The molecule has 0 saturated heterocycles. The Labute approximate surface area is 155 Å². The molecule has 6 nitrogen and oxygen atoms in total. The van der Waals surface area contributed by atoms with E-state index in [2.05, 4.69) is 9.97 Å². The Bertz CT molecular complexity index is 997. The molecule has 2 aromatic heterocycles. The monoisotopic (exact) mass is 369 g/mol. The van der Waals surface area contributed by atoms with Gasteiger partial charge in [-0.3, -0.25) is 9.59 Å². The number of hydrogen-bond acceptors (Lipinski definition) is 6. The van der Waals surface area contributed by atoms with Crippen LogP contribution in [0.3, 0.4) is 0 Å². The van der Waals surface area contributed by atoms with Crippen LogP contribution in [0.5, 0.6) is 0 Å². The molecule has 0 fully saturated rings. The molecule has 0 atom stereocenters. The van der Waals surface area contributed by atoms with E-state index in [1.807, 2.05) is 19.1 Å². The highest BCUT2D eigenvalue weighted by Gasteiger charge is 2.16. The van der Waals surface area contributed by atoms with Crippen molar-refractivity contribution in [2.45, 2.75) is 32.0 Å². The van der Waals surface area contributed by atoms with Gasteiger partial charge in [-0.15, -0.1) is 0 Å². The fourth-order valence-electron chi connectivity index (χ4n) is 2.42. The van der Waals surface area contributed by atoms with Gasteiger partial charge < -0.3 is 4.74 Å². The van der Waals surface area contributed by atoms with E-state index in [1.54, 1.807) is 44.3 Å². The number of fused-ring (bicyclic) bond motifs is 1. The first-order valence-corrected chi connectivity index (χ1v) is 9.21. The number of ether oxygens (including phenoxy) is 1. The van der Waals surface area contributed by atoms with Crippen LogP contribution in [0.25, 0.3) is 16.7 Å². The Balaban J connectivity index is 2.07. The van der Waals surface area contributed by atoms with Crippen molar-refractivity contribution in [3.05, 3.63) is 58.5 Å². The summed E-state index contributed by atoms with van der Waals surface area (Å²) in [4.78, 5) is 33.8. The summed E-state index contributed by atoms with van der Waals surface area (Å²) in [5, 5.41) is 0.912. The Morgan fingerprint density at radius 1 is 1.23 bits per heavy atom. The lowest BCUT2D eigenvalue weighted by molar-refractivity contribution is -0.144. The van der Waals surface area contributed by atoms with Crippen molar-refractivity contribution >= 4 is 28.6 Å². The number of pyridine rings is 1. The Morgan fingerprint density at radius 3 is 2.69 bits per heavy atom. The van der Waals surface area contributed by atoms with Gasteiger partial charge in [-0.2, -0.15) is 0 Å². The van der Waals surface area contributed by atoms with Crippen molar-refractivity contribution < 1.29 is 9.53 Å². The molecule has 0 bridgehead atoms. The maximum absolute atomic E-state index is 13.0. The minimum Gasteiger partial charge on any atom is -0.462 e. The summed E-state index contributed by atoms with van der Waals surface area (Å²) in [6.07, 6.45) is 1.51. The molecule has 3 aromatic rings. The van der Waals surface area contributed by atoms with Crippen LogP contribution in [0.4, 0.5) is 0 Å². The second kappa shape index (κ2) is 7.70. The van der Waals surface area contributed by atoms with E-state index in [9.17, 15) is 9.59 Å². The third kappa shape index (κ3) is 3.94. The molecule has 0 aliphatic carbocycles. The second-order valence-corrected chi connectivity index (χ2v) is 7.02. The minimum atomic E-state index is -0.351. The molecule has 0 N–H and O–H groups in total. The number of carbonyl (C=O) groups is 1. The van der Waals surface area contributed by atoms with Crippen molar-refractivity contribution in [3.8, 4) is 5.82 Å². The SMILES string of the molecule is Cc1ccc(-n2c(SCC(=O)OC(C)C)nc3ccccc3c2=O)nc1. The average molecular weight is 369 g/mol. The van der Waals surface area contributed by atoms with E-state index < -0.39 is 0 Å². The van der Waals surface area contributed by atoms with Crippen molar-refractivity contribution in [1.82, 2.24) is 14.5 Å². The molecule has 0 aliphatic rings. The number of rotatable bonds is 5. The van der Waals surface area contributed by atoms with E-state index in [1.165, 1.54) is 4.57 Å². The Hall–Kier alpha value is -2.67. The van der Waals surface area contributed by atoms with E-state index >= 15 is 0 Å². The number of thioether (sulfide) groups is 1. The molecule has 0 aliphatic heterocycles. The van der Waals surface area contributed by atoms with Gasteiger partial charge in [0, 0.05) is 6.20 Å². The number of aromatic nitrogens is 3. The van der Waals surface area contributed by atoms with Crippen LogP contribution in [-0.2, 0) is 9.53 Å². The predicted octanol–water partition coefficient (Wildman–Crippen LogP) is 3.13. The van der Waals surface area contributed by atoms with Crippen LogP contribution in [0, 0.1) is 6.92 Å². The number of carbonyl (C=O) groups excluding carboxylic acids is 1. The fourth-order valence-corrected chi connectivity index (χ4v) is 3.21. The third-order valence-electron chi connectivity index (χ3n) is 3.56. The zero-order valence-electron chi connectivity index (χ0n) is 14.8. The zero-order chi connectivity index (χ0) is 18.7. The van der Waals surface area contributed by atoms with Gasteiger partial charge in [-0.25, -0.2) is 14.5 Å². The van der Waals surface area contributed by atoms with Crippen LogP contribution < -0.4 is 5.56 Å². The standard InChI is InChI=1S/C19H19N3O3S/c1-12(2)25-17(23)11-26-19-21-15-7-5-4-6-14(15)18(24)22(19)16-9-8-13(3)10-20-16/h4-10,12H,11H2,1-3H3. The lowest BCUT2D eigenvalue weighted by Crippen LogP contribution is -2.23.